The van der Waals surface area contributed by atoms with Gasteiger partial charge in [-0.05, 0) is 43.2 Å². The zero-order chi connectivity index (χ0) is 17.0. The maximum atomic E-state index is 12.4. The van der Waals surface area contributed by atoms with E-state index in [9.17, 15) is 4.79 Å². The summed E-state index contributed by atoms with van der Waals surface area (Å²) in [6, 6.07) is 15.5. The van der Waals surface area contributed by atoms with E-state index in [1.54, 1.807) is 17.8 Å². The number of carbonyl (C=O) groups excluding carboxylic acids is 1. The lowest BCUT2D eigenvalue weighted by molar-refractivity contribution is -0.124. The minimum Gasteiger partial charge on any atom is -0.381 e. The molecule has 134 valence electrons. The van der Waals surface area contributed by atoms with Crippen LogP contribution in [0.5, 0.6) is 0 Å². The van der Waals surface area contributed by atoms with E-state index >= 15 is 0 Å². The molecule has 1 aliphatic rings. The molecule has 0 saturated carbocycles. The fourth-order valence-corrected chi connectivity index (χ4v) is 3.63. The quantitative estimate of drug-likeness (QED) is 0.802. The number of rotatable bonds is 4. The summed E-state index contributed by atoms with van der Waals surface area (Å²) >= 11 is 7.94. The van der Waals surface area contributed by atoms with E-state index in [1.807, 2.05) is 42.5 Å². The van der Waals surface area contributed by atoms with Crippen LogP contribution in [-0.2, 0) is 9.53 Å². The monoisotopic (exact) mass is 398 g/mol. The first kappa shape index (κ1) is 20.1. The molecule has 1 aliphatic heterocycles. The summed E-state index contributed by atoms with van der Waals surface area (Å²) in [5, 5.41) is 3.47. The van der Waals surface area contributed by atoms with Crippen molar-refractivity contribution in [2.24, 2.45) is 5.73 Å². The second-order valence-electron chi connectivity index (χ2n) is 5.78. The topological polar surface area (TPSA) is 64.4 Å². The molecule has 3 N–H and O–H groups in total. The van der Waals surface area contributed by atoms with Gasteiger partial charge in [0.1, 0.15) is 5.54 Å². The summed E-state index contributed by atoms with van der Waals surface area (Å²) < 4.78 is 5.27. The largest absolute Gasteiger partial charge is 0.381 e. The van der Waals surface area contributed by atoms with E-state index in [0.717, 1.165) is 9.79 Å². The normalized spacial score (nSPS) is 15.9. The lowest BCUT2D eigenvalue weighted by atomic mass is 9.90. The maximum Gasteiger partial charge on any atom is 0.244 e. The van der Waals surface area contributed by atoms with Crippen molar-refractivity contribution in [2.75, 3.05) is 18.5 Å². The first-order valence-electron chi connectivity index (χ1n) is 7.77. The lowest BCUT2D eigenvalue weighted by Crippen LogP contribution is -2.54. The Labute approximate surface area is 162 Å². The Bertz CT molecular complexity index is 722. The third kappa shape index (κ3) is 5.12. The van der Waals surface area contributed by atoms with E-state index in [2.05, 4.69) is 5.32 Å². The Balaban J connectivity index is 0.00000225. The average Bonchev–Trinajstić information content (AvgIpc) is 2.59. The SMILES string of the molecule is Cl.NC1(C(=O)Nc2ccc(Sc3ccccc3)c(Cl)c2)CCOCC1. The number of amides is 1. The van der Waals surface area contributed by atoms with Gasteiger partial charge in [-0.15, -0.1) is 12.4 Å². The molecule has 2 aromatic carbocycles. The first-order chi connectivity index (χ1) is 11.6. The van der Waals surface area contributed by atoms with E-state index in [4.69, 9.17) is 22.1 Å². The van der Waals surface area contributed by atoms with Gasteiger partial charge in [0.05, 0.1) is 5.02 Å². The maximum absolute atomic E-state index is 12.4. The van der Waals surface area contributed by atoms with Crippen LogP contribution in [0.2, 0.25) is 5.02 Å². The molecule has 0 spiro atoms. The summed E-state index contributed by atoms with van der Waals surface area (Å²) in [6.45, 7) is 1.02. The lowest BCUT2D eigenvalue weighted by Gasteiger charge is -2.31. The van der Waals surface area contributed by atoms with Crippen LogP contribution in [-0.4, -0.2) is 24.7 Å². The molecule has 0 aromatic heterocycles. The Hall–Kier alpha value is -1.24. The fourth-order valence-electron chi connectivity index (χ4n) is 2.50. The van der Waals surface area contributed by atoms with E-state index in [0.29, 0.717) is 36.8 Å². The number of carbonyl (C=O) groups is 1. The van der Waals surface area contributed by atoms with Gasteiger partial charge in [-0.1, -0.05) is 41.6 Å². The predicted molar refractivity (Wildman–Crippen MR) is 105 cm³/mol. The molecule has 0 aliphatic carbocycles. The molecule has 0 unspecified atom stereocenters. The van der Waals surface area contributed by atoms with Gasteiger partial charge in [-0.25, -0.2) is 0 Å². The van der Waals surface area contributed by atoms with E-state index in [-0.39, 0.29) is 18.3 Å². The summed E-state index contributed by atoms with van der Waals surface area (Å²) in [6.07, 6.45) is 1.04. The van der Waals surface area contributed by atoms with Crippen molar-refractivity contribution < 1.29 is 9.53 Å². The van der Waals surface area contributed by atoms with E-state index in [1.165, 1.54) is 0 Å². The molecule has 0 bridgehead atoms. The third-order valence-corrected chi connectivity index (χ3v) is 5.51. The molecule has 1 amide bonds. The Kier molecular flexibility index (Phi) is 7.16. The molecule has 3 rings (SSSR count). The molecule has 7 heteroatoms. The number of ether oxygens (including phenoxy) is 1. The zero-order valence-electron chi connectivity index (χ0n) is 13.5. The van der Waals surface area contributed by atoms with Crippen LogP contribution in [0, 0.1) is 0 Å². The molecule has 1 fully saturated rings. The number of hydrogen-bond donors (Lipinski definition) is 2. The molecule has 1 heterocycles. The predicted octanol–water partition coefficient (Wildman–Crippen LogP) is 4.36. The van der Waals surface area contributed by atoms with Crippen molar-refractivity contribution in [1.29, 1.82) is 0 Å². The van der Waals surface area contributed by atoms with Crippen LogP contribution < -0.4 is 11.1 Å². The van der Waals surface area contributed by atoms with Crippen LogP contribution in [0.15, 0.2) is 58.3 Å². The Morgan fingerprint density at radius 2 is 1.84 bits per heavy atom. The summed E-state index contributed by atoms with van der Waals surface area (Å²) in [4.78, 5) is 14.5. The summed E-state index contributed by atoms with van der Waals surface area (Å²) in [5.41, 5.74) is 5.97. The van der Waals surface area contributed by atoms with Gasteiger partial charge in [-0.2, -0.15) is 0 Å². The molecular weight excluding hydrogens is 379 g/mol. The highest BCUT2D eigenvalue weighted by Gasteiger charge is 2.35. The van der Waals surface area contributed by atoms with Gasteiger partial charge in [-0.3, -0.25) is 4.79 Å². The summed E-state index contributed by atoms with van der Waals surface area (Å²) in [7, 11) is 0. The number of anilines is 1. The number of nitrogens with one attached hydrogen (secondary N) is 1. The second kappa shape index (κ2) is 8.92. The molecule has 0 atom stereocenters. The minimum atomic E-state index is -0.873. The molecule has 4 nitrogen and oxygen atoms in total. The molecular formula is C18H20Cl2N2O2S. The molecule has 0 radical (unpaired) electrons. The van der Waals surface area contributed by atoms with Crippen molar-refractivity contribution in [3.8, 4) is 0 Å². The van der Waals surface area contributed by atoms with Crippen molar-refractivity contribution >= 4 is 47.4 Å². The van der Waals surface area contributed by atoms with E-state index < -0.39 is 5.54 Å². The van der Waals surface area contributed by atoms with Crippen LogP contribution in [0.25, 0.3) is 0 Å². The van der Waals surface area contributed by atoms with Crippen molar-refractivity contribution in [3.05, 3.63) is 53.6 Å². The summed E-state index contributed by atoms with van der Waals surface area (Å²) in [5.74, 6) is -0.190. The fraction of sp³-hybridized carbons (Fsp3) is 0.278. The van der Waals surface area contributed by atoms with Crippen molar-refractivity contribution in [2.45, 2.75) is 28.2 Å². The van der Waals surface area contributed by atoms with Gasteiger partial charge in [0.15, 0.2) is 0 Å². The Morgan fingerprint density at radius 1 is 1.16 bits per heavy atom. The van der Waals surface area contributed by atoms with Gasteiger partial charge in [0, 0.05) is 28.7 Å². The van der Waals surface area contributed by atoms with Crippen LogP contribution in [0.4, 0.5) is 5.69 Å². The number of halogens is 2. The number of hydrogen-bond acceptors (Lipinski definition) is 4. The van der Waals surface area contributed by atoms with Crippen LogP contribution >= 0.6 is 35.8 Å². The molecule has 1 saturated heterocycles. The molecule has 2 aromatic rings. The smallest absolute Gasteiger partial charge is 0.244 e. The highest BCUT2D eigenvalue weighted by molar-refractivity contribution is 7.99. The van der Waals surface area contributed by atoms with Gasteiger partial charge >= 0.3 is 0 Å². The van der Waals surface area contributed by atoms with Gasteiger partial charge in [0.25, 0.3) is 0 Å². The third-order valence-electron chi connectivity index (χ3n) is 4.00. The van der Waals surface area contributed by atoms with Gasteiger partial charge in [0.2, 0.25) is 5.91 Å². The highest BCUT2D eigenvalue weighted by atomic mass is 35.5. The molecule has 25 heavy (non-hydrogen) atoms. The number of nitrogens with two attached hydrogens (primary N) is 1. The standard InChI is InChI=1S/C18H19ClN2O2S.ClH/c19-15-12-13(21-17(22)18(20)8-10-23-11-9-18)6-7-16(15)24-14-4-2-1-3-5-14;/h1-7,12H,8-11,20H2,(H,21,22);1H. The first-order valence-corrected chi connectivity index (χ1v) is 8.97. The van der Waals surface area contributed by atoms with Crippen LogP contribution in [0.1, 0.15) is 12.8 Å². The van der Waals surface area contributed by atoms with Gasteiger partial charge < -0.3 is 15.8 Å². The average molecular weight is 399 g/mol. The Morgan fingerprint density at radius 3 is 2.48 bits per heavy atom. The minimum absolute atomic E-state index is 0. The van der Waals surface area contributed by atoms with Crippen molar-refractivity contribution in [3.63, 3.8) is 0 Å². The van der Waals surface area contributed by atoms with Crippen molar-refractivity contribution in [1.82, 2.24) is 0 Å². The van der Waals surface area contributed by atoms with Crippen LogP contribution in [0.3, 0.4) is 0 Å². The highest BCUT2D eigenvalue weighted by Crippen LogP contribution is 2.35. The number of benzene rings is 2. The second-order valence-corrected chi connectivity index (χ2v) is 7.31. The zero-order valence-corrected chi connectivity index (χ0v) is 15.9.